The maximum absolute atomic E-state index is 12.2. The molecule has 1 aromatic rings. The van der Waals surface area contributed by atoms with Gasteiger partial charge in [0.2, 0.25) is 0 Å². The Kier molecular flexibility index (Phi) is 4.36. The van der Waals surface area contributed by atoms with E-state index in [1.165, 1.54) is 0 Å². The Morgan fingerprint density at radius 2 is 2.26 bits per heavy atom. The lowest BCUT2D eigenvalue weighted by Crippen LogP contribution is -2.40. The lowest BCUT2D eigenvalue weighted by atomic mass is 10.1. The second-order valence-electron chi connectivity index (χ2n) is 5.87. The zero-order chi connectivity index (χ0) is 14.0. The number of esters is 1. The Bertz CT molecular complexity index is 450. The Morgan fingerprint density at radius 3 is 2.84 bits per heavy atom. The fourth-order valence-electron chi connectivity index (χ4n) is 2.29. The first kappa shape index (κ1) is 14.6. The predicted molar refractivity (Wildman–Crippen MR) is 75.7 cm³/mol. The van der Waals surface area contributed by atoms with Crippen molar-refractivity contribution in [3.05, 3.63) is 22.6 Å². The zero-order valence-electron chi connectivity index (χ0n) is 11.6. The highest BCUT2D eigenvalue weighted by molar-refractivity contribution is 9.10. The third kappa shape index (κ3) is 4.08. The number of likely N-dealkylation sites (tertiary alicyclic amines) is 1. The summed E-state index contributed by atoms with van der Waals surface area (Å²) in [5.74, 6) is 0.734. The van der Waals surface area contributed by atoms with E-state index < -0.39 is 5.60 Å². The molecule has 1 aromatic heterocycles. The van der Waals surface area contributed by atoms with Crippen molar-refractivity contribution >= 4 is 21.9 Å². The van der Waals surface area contributed by atoms with Crippen LogP contribution in [0.3, 0.4) is 0 Å². The molecule has 106 valence electrons. The van der Waals surface area contributed by atoms with Crippen LogP contribution in [0.5, 0.6) is 0 Å². The maximum Gasteiger partial charge on any atom is 0.323 e. The number of hydrogen-bond donors (Lipinski definition) is 0. The summed E-state index contributed by atoms with van der Waals surface area (Å²) in [6.07, 6.45) is 1.88. The summed E-state index contributed by atoms with van der Waals surface area (Å²) < 4.78 is 11.7. The van der Waals surface area contributed by atoms with Crippen LogP contribution in [0.25, 0.3) is 0 Å². The SMILES string of the molecule is CC(C)(C)OC(=O)[C@@H]1CCCN1Cc1ccc(Br)o1. The third-order valence-corrected chi connectivity index (χ3v) is 3.46. The summed E-state index contributed by atoms with van der Waals surface area (Å²) in [5, 5.41) is 0. The molecule has 1 saturated heterocycles. The van der Waals surface area contributed by atoms with Gasteiger partial charge in [-0.2, -0.15) is 0 Å². The molecule has 0 aliphatic carbocycles. The number of furan rings is 1. The normalized spacial score (nSPS) is 20.7. The van der Waals surface area contributed by atoms with Gasteiger partial charge in [0, 0.05) is 0 Å². The molecule has 0 bridgehead atoms. The van der Waals surface area contributed by atoms with Gasteiger partial charge in [-0.3, -0.25) is 9.69 Å². The Morgan fingerprint density at radius 1 is 1.53 bits per heavy atom. The maximum atomic E-state index is 12.2. The fourth-order valence-corrected chi connectivity index (χ4v) is 2.63. The van der Waals surface area contributed by atoms with Crippen LogP contribution in [0.1, 0.15) is 39.4 Å². The smallest absolute Gasteiger partial charge is 0.323 e. The van der Waals surface area contributed by atoms with Crippen molar-refractivity contribution in [3.8, 4) is 0 Å². The van der Waals surface area contributed by atoms with Gasteiger partial charge in [-0.1, -0.05) is 0 Å². The van der Waals surface area contributed by atoms with Gasteiger partial charge in [-0.15, -0.1) is 0 Å². The predicted octanol–water partition coefficient (Wildman–Crippen LogP) is 3.35. The Hall–Kier alpha value is -0.810. The molecule has 0 aromatic carbocycles. The number of ether oxygens (including phenoxy) is 1. The van der Waals surface area contributed by atoms with Crippen molar-refractivity contribution in [2.75, 3.05) is 6.54 Å². The van der Waals surface area contributed by atoms with Crippen LogP contribution in [0.15, 0.2) is 21.2 Å². The first-order chi connectivity index (χ1) is 8.85. The molecule has 2 rings (SSSR count). The molecule has 0 unspecified atom stereocenters. The van der Waals surface area contributed by atoms with E-state index >= 15 is 0 Å². The van der Waals surface area contributed by atoms with E-state index in [-0.39, 0.29) is 12.0 Å². The highest BCUT2D eigenvalue weighted by Crippen LogP contribution is 2.24. The minimum Gasteiger partial charge on any atom is -0.459 e. The molecule has 1 atom stereocenters. The van der Waals surface area contributed by atoms with Crippen LogP contribution >= 0.6 is 15.9 Å². The zero-order valence-corrected chi connectivity index (χ0v) is 13.2. The first-order valence-corrected chi connectivity index (χ1v) is 7.35. The van der Waals surface area contributed by atoms with E-state index in [4.69, 9.17) is 9.15 Å². The molecule has 0 saturated carbocycles. The van der Waals surface area contributed by atoms with Gasteiger partial charge in [0.25, 0.3) is 0 Å². The molecule has 1 aliphatic heterocycles. The second-order valence-corrected chi connectivity index (χ2v) is 6.65. The fraction of sp³-hybridized carbons (Fsp3) is 0.643. The van der Waals surface area contributed by atoms with Gasteiger partial charge in [-0.05, 0) is 68.2 Å². The average molecular weight is 330 g/mol. The molecular formula is C14H20BrNO3. The van der Waals surface area contributed by atoms with Gasteiger partial charge < -0.3 is 9.15 Å². The highest BCUT2D eigenvalue weighted by atomic mass is 79.9. The van der Waals surface area contributed by atoms with Crippen LogP contribution in [-0.2, 0) is 16.1 Å². The lowest BCUT2D eigenvalue weighted by molar-refractivity contribution is -0.160. The number of carbonyl (C=O) groups is 1. The topological polar surface area (TPSA) is 42.7 Å². The minimum absolute atomic E-state index is 0.129. The summed E-state index contributed by atoms with van der Waals surface area (Å²) in [5.41, 5.74) is -0.431. The summed E-state index contributed by atoms with van der Waals surface area (Å²) >= 11 is 3.29. The average Bonchev–Trinajstić information content (AvgIpc) is 2.86. The Labute approximate surface area is 122 Å². The molecular weight excluding hydrogens is 310 g/mol. The van der Waals surface area contributed by atoms with Crippen molar-refractivity contribution in [3.63, 3.8) is 0 Å². The molecule has 2 heterocycles. The van der Waals surface area contributed by atoms with Gasteiger partial charge in [0.05, 0.1) is 6.54 Å². The molecule has 0 N–H and O–H groups in total. The molecule has 0 amide bonds. The second kappa shape index (κ2) is 5.67. The van der Waals surface area contributed by atoms with Gasteiger partial charge in [0.1, 0.15) is 17.4 Å². The van der Waals surface area contributed by atoms with Crippen LogP contribution in [-0.4, -0.2) is 29.1 Å². The minimum atomic E-state index is -0.431. The van der Waals surface area contributed by atoms with Crippen LogP contribution in [0.4, 0.5) is 0 Å². The molecule has 0 radical (unpaired) electrons. The van der Waals surface area contributed by atoms with Crippen molar-refractivity contribution in [2.24, 2.45) is 0 Å². The molecule has 5 heteroatoms. The summed E-state index contributed by atoms with van der Waals surface area (Å²) in [4.78, 5) is 14.3. The summed E-state index contributed by atoms with van der Waals surface area (Å²) in [6, 6.07) is 3.64. The largest absolute Gasteiger partial charge is 0.459 e. The summed E-state index contributed by atoms with van der Waals surface area (Å²) in [7, 11) is 0. The van der Waals surface area contributed by atoms with Crippen molar-refractivity contribution in [2.45, 2.75) is 51.8 Å². The quantitative estimate of drug-likeness (QED) is 0.797. The molecule has 4 nitrogen and oxygen atoms in total. The Balaban J connectivity index is 1.98. The number of nitrogens with zero attached hydrogens (tertiary/aromatic N) is 1. The van der Waals surface area contributed by atoms with Crippen LogP contribution in [0, 0.1) is 0 Å². The summed E-state index contributed by atoms with van der Waals surface area (Å²) in [6.45, 7) is 7.24. The molecule has 19 heavy (non-hydrogen) atoms. The van der Waals surface area contributed by atoms with Gasteiger partial charge in [0.15, 0.2) is 4.67 Å². The van der Waals surface area contributed by atoms with Crippen molar-refractivity contribution < 1.29 is 13.9 Å². The number of hydrogen-bond acceptors (Lipinski definition) is 4. The van der Waals surface area contributed by atoms with E-state index in [0.29, 0.717) is 6.54 Å². The van der Waals surface area contributed by atoms with E-state index in [0.717, 1.165) is 29.8 Å². The van der Waals surface area contributed by atoms with E-state index in [1.54, 1.807) is 0 Å². The molecule has 0 spiro atoms. The van der Waals surface area contributed by atoms with E-state index in [2.05, 4.69) is 20.8 Å². The number of rotatable bonds is 3. The van der Waals surface area contributed by atoms with E-state index in [1.807, 2.05) is 32.9 Å². The van der Waals surface area contributed by atoms with Crippen LogP contribution < -0.4 is 0 Å². The van der Waals surface area contributed by atoms with Gasteiger partial charge >= 0.3 is 5.97 Å². The first-order valence-electron chi connectivity index (χ1n) is 6.56. The third-order valence-electron chi connectivity index (χ3n) is 3.03. The standard InChI is InChI=1S/C14H20BrNO3/c1-14(2,3)19-13(17)11-5-4-8-16(11)9-10-6-7-12(15)18-10/h6-7,11H,4-5,8-9H2,1-3H3/t11-/m0/s1. The van der Waals surface area contributed by atoms with Crippen LogP contribution in [0.2, 0.25) is 0 Å². The number of carbonyl (C=O) groups excluding carboxylic acids is 1. The molecule has 1 aliphatic rings. The molecule has 1 fully saturated rings. The lowest BCUT2D eigenvalue weighted by Gasteiger charge is -2.26. The van der Waals surface area contributed by atoms with Gasteiger partial charge in [-0.25, -0.2) is 0 Å². The van der Waals surface area contributed by atoms with E-state index in [9.17, 15) is 4.79 Å². The highest BCUT2D eigenvalue weighted by Gasteiger charge is 2.34. The van der Waals surface area contributed by atoms with Crippen molar-refractivity contribution in [1.82, 2.24) is 4.90 Å². The monoisotopic (exact) mass is 329 g/mol. The van der Waals surface area contributed by atoms with Crippen molar-refractivity contribution in [1.29, 1.82) is 0 Å². The number of halogens is 1.